The number of H-pyrrole nitrogens is 1. The van der Waals surface area contributed by atoms with E-state index in [0.717, 1.165) is 23.6 Å². The quantitative estimate of drug-likeness (QED) is 0.144. The normalized spacial score (nSPS) is 11.9. The molecule has 8 nitrogen and oxygen atoms in total. The Morgan fingerprint density at radius 1 is 0.977 bits per heavy atom. The Morgan fingerprint density at radius 3 is 2.52 bits per heavy atom. The van der Waals surface area contributed by atoms with Crippen LogP contribution in [-0.2, 0) is 6.42 Å². The highest BCUT2D eigenvalue weighted by molar-refractivity contribution is 5.91. The molecule has 1 unspecified atom stereocenters. The van der Waals surface area contributed by atoms with Gasteiger partial charge in [-0.05, 0) is 60.5 Å². The van der Waals surface area contributed by atoms with Crippen LogP contribution in [0.2, 0.25) is 0 Å². The van der Waals surface area contributed by atoms with E-state index in [1.165, 1.54) is 13.2 Å². The first-order valence-electron chi connectivity index (χ1n) is 13.8. The van der Waals surface area contributed by atoms with Crippen molar-refractivity contribution in [1.29, 1.82) is 0 Å². The van der Waals surface area contributed by atoms with Crippen molar-refractivity contribution in [2.45, 2.75) is 12.3 Å². The van der Waals surface area contributed by atoms with Gasteiger partial charge in [-0.3, -0.25) is 0 Å². The maximum atomic E-state index is 15.5. The fourth-order valence-electron chi connectivity index (χ4n) is 5.55. The van der Waals surface area contributed by atoms with Crippen molar-refractivity contribution in [1.82, 2.24) is 10.3 Å². The van der Waals surface area contributed by atoms with Crippen molar-refractivity contribution in [3.05, 3.63) is 135 Å². The van der Waals surface area contributed by atoms with E-state index in [9.17, 15) is 19.1 Å². The van der Waals surface area contributed by atoms with E-state index >= 15 is 4.39 Å². The van der Waals surface area contributed by atoms with Crippen LogP contribution in [0.25, 0.3) is 21.9 Å². The predicted octanol–water partition coefficient (Wildman–Crippen LogP) is 6.81. The number of methoxy groups -OCH3 is 1. The number of nitrogens with one attached hydrogen (secondary N) is 3. The predicted molar refractivity (Wildman–Crippen MR) is 163 cm³/mol. The molecule has 4 N–H and O–H groups in total. The summed E-state index contributed by atoms with van der Waals surface area (Å²) in [6, 6.07) is 23.2. The van der Waals surface area contributed by atoms with Crippen molar-refractivity contribution in [3.63, 3.8) is 0 Å². The van der Waals surface area contributed by atoms with Crippen molar-refractivity contribution in [2.75, 3.05) is 19.0 Å². The fourth-order valence-corrected chi connectivity index (χ4v) is 5.55. The van der Waals surface area contributed by atoms with Gasteiger partial charge in [0.15, 0.2) is 0 Å². The number of hydrogen-bond acceptors (Lipinski definition) is 5. The molecule has 2 amide bonds. The molecule has 0 spiro atoms. The summed E-state index contributed by atoms with van der Waals surface area (Å²) in [5.41, 5.74) is 0.982. The second-order valence-corrected chi connectivity index (χ2v) is 10.1. The molecule has 0 saturated carbocycles. The second-order valence-electron chi connectivity index (χ2n) is 10.1. The number of aromatic nitrogens is 1. The van der Waals surface area contributed by atoms with Crippen LogP contribution < -0.4 is 21.0 Å². The summed E-state index contributed by atoms with van der Waals surface area (Å²) >= 11 is 0. The topological polar surface area (TPSA) is 117 Å². The van der Waals surface area contributed by atoms with Crippen molar-refractivity contribution >= 4 is 33.6 Å². The molecule has 6 aromatic rings. The van der Waals surface area contributed by atoms with E-state index < -0.39 is 35.0 Å². The van der Waals surface area contributed by atoms with Crippen molar-refractivity contribution in [2.24, 2.45) is 0 Å². The van der Waals surface area contributed by atoms with Crippen LogP contribution in [0, 0.1) is 11.6 Å². The maximum absolute atomic E-state index is 15.5. The number of carbonyl (C=O) groups excluding carboxylic acids is 1. The van der Waals surface area contributed by atoms with E-state index in [1.807, 2.05) is 24.3 Å². The molecule has 2 aromatic heterocycles. The lowest BCUT2D eigenvalue weighted by Crippen LogP contribution is -2.30. The zero-order valence-electron chi connectivity index (χ0n) is 23.5. The Labute approximate surface area is 249 Å². The Bertz CT molecular complexity index is 2070. The number of ether oxygens (including phenoxy) is 1. The number of benzene rings is 4. The molecule has 44 heavy (non-hydrogen) atoms. The minimum absolute atomic E-state index is 0.145. The lowest BCUT2D eigenvalue weighted by atomic mass is 9.85. The van der Waals surface area contributed by atoms with Crippen LogP contribution in [-0.4, -0.2) is 29.8 Å². The van der Waals surface area contributed by atoms with Gasteiger partial charge >= 0.3 is 11.7 Å². The summed E-state index contributed by atoms with van der Waals surface area (Å²) in [5, 5.41) is 18.0. The highest BCUT2D eigenvalue weighted by atomic mass is 19.1. The van der Waals surface area contributed by atoms with Crippen LogP contribution >= 0.6 is 0 Å². The van der Waals surface area contributed by atoms with Gasteiger partial charge in [-0.15, -0.1) is 0 Å². The first-order chi connectivity index (χ1) is 21.4. The molecule has 222 valence electrons. The van der Waals surface area contributed by atoms with Gasteiger partial charge < -0.3 is 29.9 Å². The second kappa shape index (κ2) is 11.9. The van der Waals surface area contributed by atoms with Gasteiger partial charge in [0.2, 0.25) is 0 Å². The largest absolute Gasteiger partial charge is 0.507 e. The van der Waals surface area contributed by atoms with Crippen LogP contribution in [0.1, 0.15) is 28.3 Å². The van der Waals surface area contributed by atoms with Gasteiger partial charge in [0.25, 0.3) is 0 Å². The summed E-state index contributed by atoms with van der Waals surface area (Å²) in [6.45, 7) is 0.145. The molecule has 1 atom stereocenters. The number of rotatable bonds is 8. The number of urea groups is 1. The average Bonchev–Trinajstić information content (AvgIpc) is 3.38. The smallest absolute Gasteiger partial charge is 0.344 e. The highest BCUT2D eigenvalue weighted by Crippen LogP contribution is 2.42. The Morgan fingerprint density at radius 2 is 1.70 bits per heavy atom. The molecule has 0 aliphatic heterocycles. The first-order valence-corrected chi connectivity index (χ1v) is 13.8. The molecule has 0 aliphatic carbocycles. The zero-order valence-corrected chi connectivity index (χ0v) is 23.5. The van der Waals surface area contributed by atoms with Crippen LogP contribution in [0.15, 0.2) is 100 Å². The summed E-state index contributed by atoms with van der Waals surface area (Å²) in [4.78, 5) is 29.5. The third-order valence-electron chi connectivity index (χ3n) is 7.53. The molecular weight excluding hydrogens is 568 g/mol. The standard InChI is InChI=1S/C34H27F2N3O5/c1-43-28-13-7-5-11-26(28)39-34(42)37-17-16-21-20-8-2-4-10-25(20)38-31(21)29(23-18-19(35)14-15-24(23)36)30-32(40)22-9-3-6-12-27(22)44-33(30)41/h2-15,18,29,38,40H,16-17H2,1H3,(H2,37,39,42). The number of hydrogen-bond donors (Lipinski definition) is 4. The van der Waals surface area contributed by atoms with E-state index in [0.29, 0.717) is 28.2 Å². The van der Waals surface area contributed by atoms with E-state index in [2.05, 4.69) is 15.6 Å². The van der Waals surface area contributed by atoms with Crippen molar-refractivity contribution < 1.29 is 27.8 Å². The van der Waals surface area contributed by atoms with Gasteiger partial charge in [0, 0.05) is 28.7 Å². The molecule has 2 heterocycles. The lowest BCUT2D eigenvalue weighted by molar-refractivity contribution is 0.252. The van der Waals surface area contributed by atoms with Gasteiger partial charge in [-0.2, -0.15) is 0 Å². The summed E-state index contributed by atoms with van der Waals surface area (Å²) in [5.74, 6) is -2.68. The maximum Gasteiger partial charge on any atom is 0.344 e. The average molecular weight is 596 g/mol. The number of aromatic hydroxyl groups is 1. The number of amides is 2. The Hall–Kier alpha value is -5.64. The van der Waals surface area contributed by atoms with E-state index in [-0.39, 0.29) is 35.1 Å². The van der Waals surface area contributed by atoms with Gasteiger partial charge in [-0.25, -0.2) is 18.4 Å². The molecule has 6 rings (SSSR count). The number of carbonyl (C=O) groups is 1. The van der Waals surface area contributed by atoms with E-state index in [1.54, 1.807) is 42.5 Å². The van der Waals surface area contributed by atoms with Crippen LogP contribution in [0.3, 0.4) is 0 Å². The number of halogens is 2. The molecule has 4 aromatic carbocycles. The minimum Gasteiger partial charge on any atom is -0.507 e. The Kier molecular flexibility index (Phi) is 7.72. The number of fused-ring (bicyclic) bond motifs is 2. The molecule has 0 radical (unpaired) electrons. The molecule has 10 heteroatoms. The first kappa shape index (κ1) is 28.5. The van der Waals surface area contributed by atoms with Crippen molar-refractivity contribution in [3.8, 4) is 11.5 Å². The third kappa shape index (κ3) is 5.33. The fraction of sp³-hybridized carbons (Fsp3) is 0.118. The summed E-state index contributed by atoms with van der Waals surface area (Å²) < 4.78 is 41.0. The Balaban J connectivity index is 1.44. The van der Waals surface area contributed by atoms with Gasteiger partial charge in [0.05, 0.1) is 29.7 Å². The van der Waals surface area contributed by atoms with Gasteiger partial charge in [-0.1, -0.05) is 42.5 Å². The zero-order chi connectivity index (χ0) is 30.8. The highest BCUT2D eigenvalue weighted by Gasteiger charge is 2.32. The molecule has 0 fully saturated rings. The minimum atomic E-state index is -1.28. The molecule has 0 saturated heterocycles. The van der Waals surface area contributed by atoms with Crippen LogP contribution in [0.5, 0.6) is 11.5 Å². The molecular formula is C34H27F2N3O5. The number of anilines is 1. The lowest BCUT2D eigenvalue weighted by Gasteiger charge is -2.20. The number of para-hydroxylation sites is 4. The third-order valence-corrected chi connectivity index (χ3v) is 7.53. The molecule has 0 aliphatic rings. The summed E-state index contributed by atoms with van der Waals surface area (Å²) in [7, 11) is 1.50. The number of aromatic amines is 1. The van der Waals surface area contributed by atoms with Gasteiger partial charge in [0.1, 0.15) is 28.7 Å². The van der Waals surface area contributed by atoms with E-state index in [4.69, 9.17) is 9.15 Å². The molecule has 0 bridgehead atoms. The SMILES string of the molecule is COc1ccccc1NC(=O)NCCc1c(C(c2cc(F)ccc2F)c2c(O)c3ccccc3oc2=O)[nH]c2ccccc12. The summed E-state index contributed by atoms with van der Waals surface area (Å²) in [6.07, 6.45) is 0.242. The monoisotopic (exact) mass is 595 g/mol. The van der Waals surface area contributed by atoms with Crippen LogP contribution in [0.4, 0.5) is 19.3 Å².